The van der Waals surface area contributed by atoms with Crippen LogP contribution in [0.3, 0.4) is 0 Å². The molecule has 0 aliphatic carbocycles. The van der Waals surface area contributed by atoms with Gasteiger partial charge in [0.15, 0.2) is 0 Å². The van der Waals surface area contributed by atoms with Gasteiger partial charge in [0.1, 0.15) is 6.33 Å². The molecular formula is C17H13ClIN5O2. The molecule has 0 amide bonds. The van der Waals surface area contributed by atoms with Crippen LogP contribution in [0, 0.1) is 20.6 Å². The van der Waals surface area contributed by atoms with E-state index in [9.17, 15) is 10.1 Å². The summed E-state index contributed by atoms with van der Waals surface area (Å²) in [6, 6.07) is 12.7. The summed E-state index contributed by atoms with van der Waals surface area (Å²) in [6.07, 6.45) is 1.27. The minimum Gasteiger partial charge on any atom is -0.334 e. The molecule has 0 saturated heterocycles. The lowest BCUT2D eigenvalue weighted by atomic mass is 10.2. The lowest BCUT2D eigenvalue weighted by Crippen LogP contribution is -2.06. The molecule has 3 rings (SSSR count). The lowest BCUT2D eigenvalue weighted by molar-refractivity contribution is -0.383. The highest BCUT2D eigenvalue weighted by atomic mass is 127. The van der Waals surface area contributed by atoms with Gasteiger partial charge in [-0.2, -0.15) is 0 Å². The van der Waals surface area contributed by atoms with Crippen molar-refractivity contribution in [3.63, 3.8) is 0 Å². The molecule has 0 aliphatic rings. The quantitative estimate of drug-likeness (QED) is 0.286. The predicted octanol–water partition coefficient (Wildman–Crippen LogP) is 5.44. The summed E-state index contributed by atoms with van der Waals surface area (Å²) in [5.41, 5.74) is 1.86. The predicted molar refractivity (Wildman–Crippen MR) is 111 cm³/mol. The number of halogens is 2. The Bertz CT molecular complexity index is 966. The standard InChI is InChI=1S/C17H13ClIN5O2/c1-10-13(18)3-2-4-14(10)23-17-15(24(25)26)16(20-9-21-17)22-12-7-5-11(19)6-8-12/h2-9H,1H3,(H2,20,21,22,23). The van der Waals surface area contributed by atoms with E-state index in [1.807, 2.05) is 31.2 Å². The summed E-state index contributed by atoms with van der Waals surface area (Å²) in [6.45, 7) is 1.82. The van der Waals surface area contributed by atoms with Crippen LogP contribution >= 0.6 is 34.2 Å². The number of nitrogens with zero attached hydrogens (tertiary/aromatic N) is 3. The van der Waals surface area contributed by atoms with Crippen molar-refractivity contribution in [3.05, 3.63) is 73.1 Å². The second-order valence-corrected chi connectivity index (χ2v) is 7.00. The van der Waals surface area contributed by atoms with Gasteiger partial charge in [0.2, 0.25) is 11.6 Å². The Labute approximate surface area is 168 Å². The molecule has 0 atom stereocenters. The zero-order chi connectivity index (χ0) is 18.7. The van der Waals surface area contributed by atoms with Crippen LogP contribution in [-0.2, 0) is 0 Å². The normalized spacial score (nSPS) is 10.4. The van der Waals surface area contributed by atoms with E-state index in [0.29, 0.717) is 16.4 Å². The summed E-state index contributed by atoms with van der Waals surface area (Å²) in [5, 5.41) is 18.2. The molecule has 26 heavy (non-hydrogen) atoms. The molecule has 2 N–H and O–H groups in total. The van der Waals surface area contributed by atoms with Crippen molar-refractivity contribution in [1.29, 1.82) is 0 Å². The Hall–Kier alpha value is -2.46. The molecule has 0 bridgehead atoms. The average Bonchev–Trinajstić information content (AvgIpc) is 2.61. The fourth-order valence-corrected chi connectivity index (χ4v) is 2.81. The van der Waals surface area contributed by atoms with Gasteiger partial charge in [-0.05, 0) is 71.5 Å². The molecule has 3 aromatic rings. The van der Waals surface area contributed by atoms with Gasteiger partial charge in [0, 0.05) is 20.0 Å². The third kappa shape index (κ3) is 4.02. The smallest absolute Gasteiger partial charge is 0.334 e. The lowest BCUT2D eigenvalue weighted by Gasteiger charge is -2.12. The van der Waals surface area contributed by atoms with E-state index in [4.69, 9.17) is 11.6 Å². The number of nitro groups is 1. The molecule has 0 fully saturated rings. The zero-order valence-electron chi connectivity index (χ0n) is 13.5. The van der Waals surface area contributed by atoms with E-state index in [2.05, 4.69) is 43.2 Å². The zero-order valence-corrected chi connectivity index (χ0v) is 16.4. The van der Waals surface area contributed by atoms with E-state index >= 15 is 0 Å². The van der Waals surface area contributed by atoms with Crippen molar-refractivity contribution in [1.82, 2.24) is 9.97 Å². The molecule has 1 aromatic heterocycles. The molecule has 132 valence electrons. The molecule has 1 heterocycles. The van der Waals surface area contributed by atoms with Crippen LogP contribution in [-0.4, -0.2) is 14.9 Å². The van der Waals surface area contributed by atoms with Gasteiger partial charge in [0.25, 0.3) is 0 Å². The summed E-state index contributed by atoms with van der Waals surface area (Å²) < 4.78 is 1.06. The SMILES string of the molecule is Cc1c(Cl)cccc1Nc1ncnc(Nc2ccc(I)cc2)c1[N+](=O)[O-]. The second kappa shape index (κ2) is 7.83. The van der Waals surface area contributed by atoms with Crippen LogP contribution in [0.5, 0.6) is 0 Å². The molecule has 9 heteroatoms. The molecular weight excluding hydrogens is 469 g/mol. The Kier molecular flexibility index (Phi) is 5.52. The Morgan fingerprint density at radius 1 is 1.08 bits per heavy atom. The first kappa shape index (κ1) is 18.3. The van der Waals surface area contributed by atoms with Gasteiger partial charge < -0.3 is 10.6 Å². The Balaban J connectivity index is 1.99. The summed E-state index contributed by atoms with van der Waals surface area (Å²) in [5.74, 6) is 0.191. The molecule has 0 unspecified atom stereocenters. The van der Waals surface area contributed by atoms with Gasteiger partial charge in [-0.15, -0.1) is 0 Å². The minimum atomic E-state index is -0.517. The first-order valence-corrected chi connectivity index (χ1v) is 8.95. The highest BCUT2D eigenvalue weighted by Crippen LogP contribution is 2.34. The molecule has 0 saturated carbocycles. The fourth-order valence-electron chi connectivity index (χ4n) is 2.28. The van der Waals surface area contributed by atoms with Crippen molar-refractivity contribution in [2.24, 2.45) is 0 Å². The summed E-state index contributed by atoms with van der Waals surface area (Å²) in [4.78, 5) is 19.2. The maximum absolute atomic E-state index is 11.6. The minimum absolute atomic E-state index is 0.0865. The van der Waals surface area contributed by atoms with E-state index in [0.717, 1.165) is 9.13 Å². The number of hydrogen-bond acceptors (Lipinski definition) is 6. The summed E-state index contributed by atoms with van der Waals surface area (Å²) in [7, 11) is 0. The number of anilines is 4. The Morgan fingerprint density at radius 3 is 2.38 bits per heavy atom. The molecule has 7 nitrogen and oxygen atoms in total. The fraction of sp³-hybridized carbons (Fsp3) is 0.0588. The van der Waals surface area contributed by atoms with Gasteiger partial charge in [-0.1, -0.05) is 17.7 Å². The van der Waals surface area contributed by atoms with Crippen molar-refractivity contribution in [3.8, 4) is 0 Å². The second-order valence-electron chi connectivity index (χ2n) is 5.35. The third-order valence-corrected chi connectivity index (χ3v) is 4.76. The first-order valence-electron chi connectivity index (χ1n) is 7.50. The van der Waals surface area contributed by atoms with Crippen molar-refractivity contribution >= 4 is 62.9 Å². The van der Waals surface area contributed by atoms with E-state index in [1.54, 1.807) is 18.2 Å². The number of nitrogens with one attached hydrogen (secondary N) is 2. The topological polar surface area (TPSA) is 93.0 Å². The van der Waals surface area contributed by atoms with Crippen LogP contribution in [0.25, 0.3) is 0 Å². The van der Waals surface area contributed by atoms with E-state index < -0.39 is 4.92 Å². The first-order chi connectivity index (χ1) is 12.5. The van der Waals surface area contributed by atoms with Crippen molar-refractivity contribution in [2.45, 2.75) is 6.92 Å². The van der Waals surface area contributed by atoms with Gasteiger partial charge in [0.05, 0.1) is 4.92 Å². The van der Waals surface area contributed by atoms with Crippen molar-refractivity contribution in [2.75, 3.05) is 10.6 Å². The van der Waals surface area contributed by atoms with Crippen LogP contribution in [0.2, 0.25) is 5.02 Å². The number of benzene rings is 2. The van der Waals surface area contributed by atoms with Crippen LogP contribution in [0.15, 0.2) is 48.8 Å². The highest BCUT2D eigenvalue weighted by Gasteiger charge is 2.23. The van der Waals surface area contributed by atoms with Gasteiger partial charge in [-0.3, -0.25) is 10.1 Å². The maximum atomic E-state index is 11.6. The van der Waals surface area contributed by atoms with Crippen LogP contribution < -0.4 is 10.6 Å². The van der Waals surface area contributed by atoms with Crippen LogP contribution in [0.1, 0.15) is 5.56 Å². The van der Waals surface area contributed by atoms with Crippen LogP contribution in [0.4, 0.5) is 28.7 Å². The molecule has 0 radical (unpaired) electrons. The summed E-state index contributed by atoms with van der Waals surface area (Å²) >= 11 is 8.30. The van der Waals surface area contributed by atoms with Gasteiger partial charge in [-0.25, -0.2) is 9.97 Å². The number of rotatable bonds is 5. The third-order valence-electron chi connectivity index (χ3n) is 3.63. The maximum Gasteiger partial charge on any atom is 0.353 e. The average molecular weight is 482 g/mol. The van der Waals surface area contributed by atoms with E-state index in [1.165, 1.54) is 6.33 Å². The van der Waals surface area contributed by atoms with Gasteiger partial charge >= 0.3 is 5.69 Å². The Morgan fingerprint density at radius 2 is 1.73 bits per heavy atom. The molecule has 2 aromatic carbocycles. The van der Waals surface area contributed by atoms with E-state index in [-0.39, 0.29) is 17.3 Å². The molecule has 0 spiro atoms. The molecule has 0 aliphatic heterocycles. The van der Waals surface area contributed by atoms with Crippen molar-refractivity contribution < 1.29 is 4.92 Å². The number of hydrogen-bond donors (Lipinski definition) is 2. The number of aromatic nitrogens is 2. The monoisotopic (exact) mass is 481 g/mol. The largest absolute Gasteiger partial charge is 0.353 e. The highest BCUT2D eigenvalue weighted by molar-refractivity contribution is 14.1.